The van der Waals surface area contributed by atoms with Gasteiger partial charge in [-0.1, -0.05) is 20.3 Å². The van der Waals surface area contributed by atoms with Gasteiger partial charge in [-0.25, -0.2) is 0 Å². The van der Waals surface area contributed by atoms with Crippen LogP contribution in [0.3, 0.4) is 0 Å². The minimum absolute atomic E-state index is 0.0196. The van der Waals surface area contributed by atoms with Gasteiger partial charge >= 0.3 is 0 Å². The lowest BCUT2D eigenvalue weighted by Gasteiger charge is -2.38. The number of rotatable bonds is 4. The van der Waals surface area contributed by atoms with Crippen LogP contribution in [0.1, 0.15) is 53.9 Å². The summed E-state index contributed by atoms with van der Waals surface area (Å²) in [5.41, 5.74) is 0.0196. The van der Waals surface area contributed by atoms with E-state index in [2.05, 4.69) is 44.8 Å². The Morgan fingerprint density at radius 3 is 2.53 bits per heavy atom. The van der Waals surface area contributed by atoms with Gasteiger partial charge in [0.25, 0.3) is 0 Å². The SMILES string of the molecule is CCC(C)C1NC(C)N(C(C)(C)C2CC2)C1=O. The van der Waals surface area contributed by atoms with E-state index in [1.807, 2.05) is 0 Å². The highest BCUT2D eigenvalue weighted by Gasteiger charge is 2.51. The molecule has 1 saturated heterocycles. The minimum atomic E-state index is 0.0196. The Bertz CT molecular complexity index is 309. The van der Waals surface area contributed by atoms with Gasteiger partial charge in [0.15, 0.2) is 0 Å². The lowest BCUT2D eigenvalue weighted by Crippen LogP contribution is -2.51. The average Bonchev–Trinajstić information content (AvgIpc) is 3.04. The van der Waals surface area contributed by atoms with Crippen LogP contribution >= 0.6 is 0 Å². The monoisotopic (exact) mass is 238 g/mol. The summed E-state index contributed by atoms with van der Waals surface area (Å²) in [5, 5.41) is 3.47. The second-order valence-electron chi connectivity index (χ2n) is 6.34. The van der Waals surface area contributed by atoms with E-state index in [1.165, 1.54) is 12.8 Å². The van der Waals surface area contributed by atoms with Gasteiger partial charge in [-0.2, -0.15) is 0 Å². The lowest BCUT2D eigenvalue weighted by molar-refractivity contribution is -0.136. The molecule has 0 spiro atoms. The van der Waals surface area contributed by atoms with E-state index < -0.39 is 0 Å². The van der Waals surface area contributed by atoms with Crippen LogP contribution in [-0.4, -0.2) is 28.6 Å². The highest BCUT2D eigenvalue weighted by molar-refractivity contribution is 5.85. The van der Waals surface area contributed by atoms with Crippen molar-refractivity contribution < 1.29 is 4.79 Å². The van der Waals surface area contributed by atoms with Crippen molar-refractivity contribution in [2.45, 2.75) is 71.6 Å². The van der Waals surface area contributed by atoms with Crippen molar-refractivity contribution >= 4 is 5.91 Å². The van der Waals surface area contributed by atoms with E-state index in [0.717, 1.165) is 6.42 Å². The predicted octanol–water partition coefficient (Wildman–Crippen LogP) is 2.37. The number of nitrogens with one attached hydrogen (secondary N) is 1. The normalized spacial score (nSPS) is 32.1. The molecule has 1 N–H and O–H groups in total. The quantitative estimate of drug-likeness (QED) is 0.815. The molecule has 2 aliphatic rings. The smallest absolute Gasteiger partial charge is 0.241 e. The van der Waals surface area contributed by atoms with E-state index >= 15 is 0 Å². The van der Waals surface area contributed by atoms with Crippen molar-refractivity contribution in [1.29, 1.82) is 0 Å². The van der Waals surface area contributed by atoms with Crippen LogP contribution in [0, 0.1) is 11.8 Å². The van der Waals surface area contributed by atoms with Crippen LogP contribution in [0.2, 0.25) is 0 Å². The molecule has 17 heavy (non-hydrogen) atoms. The molecule has 3 heteroatoms. The molecule has 0 radical (unpaired) electrons. The first-order chi connectivity index (χ1) is 7.89. The maximum absolute atomic E-state index is 12.6. The molecule has 3 nitrogen and oxygen atoms in total. The summed E-state index contributed by atoms with van der Waals surface area (Å²) in [7, 11) is 0. The molecule has 1 saturated carbocycles. The molecular formula is C14H26N2O. The summed E-state index contributed by atoms with van der Waals surface area (Å²) in [6.07, 6.45) is 3.78. The maximum Gasteiger partial charge on any atom is 0.241 e. The van der Waals surface area contributed by atoms with Gasteiger partial charge in [-0.05, 0) is 45.4 Å². The molecule has 0 aromatic rings. The Balaban J connectivity index is 2.16. The Morgan fingerprint density at radius 1 is 1.47 bits per heavy atom. The van der Waals surface area contributed by atoms with Gasteiger partial charge in [-0.15, -0.1) is 0 Å². The van der Waals surface area contributed by atoms with Crippen molar-refractivity contribution in [3.8, 4) is 0 Å². The van der Waals surface area contributed by atoms with Crippen molar-refractivity contribution in [3.63, 3.8) is 0 Å². The van der Waals surface area contributed by atoms with Crippen molar-refractivity contribution in [2.75, 3.05) is 0 Å². The van der Waals surface area contributed by atoms with Crippen molar-refractivity contribution in [3.05, 3.63) is 0 Å². The molecule has 98 valence electrons. The Kier molecular flexibility index (Phi) is 3.23. The summed E-state index contributed by atoms with van der Waals surface area (Å²) >= 11 is 0. The Hall–Kier alpha value is -0.570. The van der Waals surface area contributed by atoms with Crippen LogP contribution in [0.5, 0.6) is 0 Å². The van der Waals surface area contributed by atoms with Crippen molar-refractivity contribution in [2.24, 2.45) is 11.8 Å². The molecule has 1 amide bonds. The predicted molar refractivity (Wildman–Crippen MR) is 69.5 cm³/mol. The third-order valence-corrected chi connectivity index (χ3v) is 4.72. The second-order valence-corrected chi connectivity index (χ2v) is 6.34. The number of nitrogens with zero attached hydrogens (tertiary/aromatic N) is 1. The molecular weight excluding hydrogens is 212 g/mol. The Labute approximate surface area is 105 Å². The minimum Gasteiger partial charge on any atom is -0.321 e. The molecule has 1 aliphatic heterocycles. The third kappa shape index (κ3) is 2.10. The zero-order chi connectivity index (χ0) is 12.8. The van der Waals surface area contributed by atoms with E-state index in [4.69, 9.17) is 0 Å². The third-order valence-electron chi connectivity index (χ3n) is 4.72. The molecule has 0 aromatic heterocycles. The second kappa shape index (κ2) is 4.27. The number of carbonyl (C=O) groups excluding carboxylic acids is 1. The summed E-state index contributed by atoms with van der Waals surface area (Å²) in [4.78, 5) is 14.7. The molecule has 2 fully saturated rings. The number of amides is 1. The molecule has 1 heterocycles. The average molecular weight is 238 g/mol. The number of carbonyl (C=O) groups is 1. The van der Waals surface area contributed by atoms with Crippen LogP contribution in [0.15, 0.2) is 0 Å². The van der Waals surface area contributed by atoms with E-state index in [1.54, 1.807) is 0 Å². The van der Waals surface area contributed by atoms with Gasteiger partial charge in [0.05, 0.1) is 12.2 Å². The van der Waals surface area contributed by atoms with E-state index in [9.17, 15) is 4.79 Å². The zero-order valence-electron chi connectivity index (χ0n) is 11.8. The van der Waals surface area contributed by atoms with Crippen LogP contribution in [-0.2, 0) is 4.79 Å². The van der Waals surface area contributed by atoms with Gasteiger partial charge in [0.2, 0.25) is 5.91 Å². The fourth-order valence-electron chi connectivity index (χ4n) is 3.16. The molecule has 0 aromatic carbocycles. The molecule has 1 aliphatic carbocycles. The van der Waals surface area contributed by atoms with Crippen LogP contribution in [0.25, 0.3) is 0 Å². The largest absolute Gasteiger partial charge is 0.321 e. The van der Waals surface area contributed by atoms with Crippen LogP contribution < -0.4 is 5.32 Å². The summed E-state index contributed by atoms with van der Waals surface area (Å²) in [6.45, 7) is 10.9. The number of hydrogen-bond donors (Lipinski definition) is 1. The fraction of sp³-hybridized carbons (Fsp3) is 0.929. The molecule has 2 rings (SSSR count). The Morgan fingerprint density at radius 2 is 2.06 bits per heavy atom. The highest BCUT2D eigenvalue weighted by atomic mass is 16.2. The summed E-state index contributed by atoms with van der Waals surface area (Å²) in [5.74, 6) is 1.43. The van der Waals surface area contributed by atoms with Gasteiger partial charge < -0.3 is 4.90 Å². The summed E-state index contributed by atoms with van der Waals surface area (Å²) in [6, 6.07) is 0.0213. The standard InChI is InChI=1S/C14H26N2O/c1-6-9(2)12-13(17)16(10(3)15-12)14(4,5)11-7-8-11/h9-12,15H,6-8H2,1-5H3. The van der Waals surface area contributed by atoms with E-state index in [0.29, 0.717) is 17.7 Å². The maximum atomic E-state index is 12.6. The number of hydrogen-bond acceptors (Lipinski definition) is 2. The topological polar surface area (TPSA) is 32.3 Å². The zero-order valence-corrected chi connectivity index (χ0v) is 11.8. The van der Waals surface area contributed by atoms with Gasteiger partial charge in [0.1, 0.15) is 0 Å². The van der Waals surface area contributed by atoms with Gasteiger partial charge in [-0.3, -0.25) is 10.1 Å². The first kappa shape index (κ1) is 12.9. The highest BCUT2D eigenvalue weighted by Crippen LogP contribution is 2.44. The first-order valence-corrected chi connectivity index (χ1v) is 6.98. The van der Waals surface area contributed by atoms with Crippen LogP contribution in [0.4, 0.5) is 0 Å². The van der Waals surface area contributed by atoms with Gasteiger partial charge in [0, 0.05) is 5.54 Å². The first-order valence-electron chi connectivity index (χ1n) is 6.98. The summed E-state index contributed by atoms with van der Waals surface area (Å²) < 4.78 is 0. The lowest BCUT2D eigenvalue weighted by atomic mass is 9.94. The molecule has 0 bridgehead atoms. The molecule has 3 atom stereocenters. The van der Waals surface area contributed by atoms with Crippen molar-refractivity contribution in [1.82, 2.24) is 10.2 Å². The fourth-order valence-corrected chi connectivity index (χ4v) is 3.16. The van der Waals surface area contributed by atoms with E-state index in [-0.39, 0.29) is 17.7 Å². The molecule has 3 unspecified atom stereocenters.